The molecule has 1 aliphatic rings. The molecule has 1 N–H and O–H groups in total. The van der Waals surface area contributed by atoms with Gasteiger partial charge in [-0.25, -0.2) is 0 Å². The van der Waals surface area contributed by atoms with Gasteiger partial charge in [-0.1, -0.05) is 0 Å². The normalized spacial score (nSPS) is 12.4. The Morgan fingerprint density at radius 1 is 1.08 bits per heavy atom. The summed E-state index contributed by atoms with van der Waals surface area (Å²) in [4.78, 5) is 13.0. The van der Waals surface area contributed by atoms with E-state index in [4.69, 9.17) is 23.4 Å². The minimum atomic E-state index is -0.281. The number of phenolic OH excluding ortho intramolecular Hbond substituents is 1. The predicted octanol–water partition coefficient (Wildman–Crippen LogP) is 2.91. The second kappa shape index (κ2) is 5.62. The lowest BCUT2D eigenvalue weighted by Gasteiger charge is -2.11. The fourth-order valence-electron chi connectivity index (χ4n) is 2.86. The minimum Gasteiger partial charge on any atom is -0.504 e. The number of fused-ring (bicyclic) bond motifs is 2. The Morgan fingerprint density at radius 2 is 1.92 bits per heavy atom. The summed E-state index contributed by atoms with van der Waals surface area (Å²) >= 11 is 0. The largest absolute Gasteiger partial charge is 0.504 e. The maximum absolute atomic E-state index is 13.0. The summed E-state index contributed by atoms with van der Waals surface area (Å²) in [6.07, 6.45) is 1.33. The Hall–Kier alpha value is -3.35. The summed E-state index contributed by atoms with van der Waals surface area (Å²) in [5, 5.41) is 10.1. The molecule has 0 aliphatic carbocycles. The summed E-state index contributed by atoms with van der Waals surface area (Å²) in [5.74, 6) is 1.48. The van der Waals surface area contributed by atoms with Crippen LogP contribution < -0.4 is 24.4 Å². The van der Waals surface area contributed by atoms with E-state index in [1.807, 2.05) is 0 Å². The van der Waals surface area contributed by atoms with E-state index in [-0.39, 0.29) is 34.7 Å². The van der Waals surface area contributed by atoms with Crippen molar-refractivity contribution in [2.75, 3.05) is 21.0 Å². The first kappa shape index (κ1) is 15.2. The van der Waals surface area contributed by atoms with Crippen molar-refractivity contribution in [2.24, 2.45) is 0 Å². The number of hydrogen-bond acceptors (Lipinski definition) is 7. The van der Waals surface area contributed by atoms with Gasteiger partial charge in [-0.15, -0.1) is 0 Å². The monoisotopic (exact) mass is 342 g/mol. The van der Waals surface area contributed by atoms with E-state index in [0.717, 1.165) is 0 Å². The number of benzene rings is 2. The van der Waals surface area contributed by atoms with Crippen LogP contribution in [0.25, 0.3) is 22.1 Å². The van der Waals surface area contributed by atoms with Crippen molar-refractivity contribution in [2.45, 2.75) is 0 Å². The van der Waals surface area contributed by atoms with Crippen LogP contribution in [-0.2, 0) is 0 Å². The highest BCUT2D eigenvalue weighted by atomic mass is 16.7. The molecule has 1 aromatic heterocycles. The Balaban J connectivity index is 1.98. The van der Waals surface area contributed by atoms with Gasteiger partial charge in [0.1, 0.15) is 11.8 Å². The third kappa shape index (κ3) is 2.24. The lowest BCUT2D eigenvalue weighted by atomic mass is 10.0. The van der Waals surface area contributed by atoms with Gasteiger partial charge < -0.3 is 28.5 Å². The van der Waals surface area contributed by atoms with Gasteiger partial charge in [-0.2, -0.15) is 0 Å². The van der Waals surface area contributed by atoms with Gasteiger partial charge in [0.05, 0.1) is 25.2 Å². The summed E-state index contributed by atoms with van der Waals surface area (Å²) in [6, 6.07) is 6.21. The number of aromatic hydroxyl groups is 1. The molecule has 1 aliphatic heterocycles. The molecule has 0 radical (unpaired) electrons. The average Bonchev–Trinajstić information content (AvgIpc) is 3.09. The van der Waals surface area contributed by atoms with Crippen LogP contribution in [-0.4, -0.2) is 26.1 Å². The number of ether oxygens (including phenoxy) is 4. The lowest BCUT2D eigenvalue weighted by Crippen LogP contribution is -2.06. The maximum atomic E-state index is 13.0. The number of rotatable bonds is 3. The molecule has 4 rings (SSSR count). The summed E-state index contributed by atoms with van der Waals surface area (Å²) in [6.45, 7) is 0.0952. The molecule has 2 aromatic carbocycles. The molecule has 2 heterocycles. The van der Waals surface area contributed by atoms with Crippen LogP contribution in [0, 0.1) is 0 Å². The molecule has 7 heteroatoms. The fraction of sp³-hybridized carbons (Fsp3) is 0.167. The quantitative estimate of drug-likeness (QED) is 0.783. The van der Waals surface area contributed by atoms with E-state index >= 15 is 0 Å². The Bertz CT molecular complexity index is 1040. The lowest BCUT2D eigenvalue weighted by molar-refractivity contribution is 0.171. The van der Waals surface area contributed by atoms with Crippen molar-refractivity contribution in [3.8, 4) is 39.9 Å². The fourth-order valence-corrected chi connectivity index (χ4v) is 2.86. The van der Waals surface area contributed by atoms with Gasteiger partial charge in [0.15, 0.2) is 23.0 Å². The first-order valence-corrected chi connectivity index (χ1v) is 7.43. The van der Waals surface area contributed by atoms with Crippen molar-refractivity contribution in [1.82, 2.24) is 0 Å². The van der Waals surface area contributed by atoms with Crippen LogP contribution in [0.5, 0.6) is 28.7 Å². The van der Waals surface area contributed by atoms with Crippen LogP contribution in [0.15, 0.2) is 39.7 Å². The van der Waals surface area contributed by atoms with Crippen LogP contribution in [0.1, 0.15) is 0 Å². The second-order valence-corrected chi connectivity index (χ2v) is 5.38. The predicted molar refractivity (Wildman–Crippen MR) is 88.8 cm³/mol. The average molecular weight is 342 g/mol. The van der Waals surface area contributed by atoms with E-state index in [1.54, 1.807) is 12.1 Å². The van der Waals surface area contributed by atoms with Gasteiger partial charge in [-0.3, -0.25) is 4.79 Å². The minimum absolute atomic E-state index is 0.0952. The number of hydrogen-bond donors (Lipinski definition) is 1. The Morgan fingerprint density at radius 3 is 2.68 bits per heavy atom. The van der Waals surface area contributed by atoms with Crippen molar-refractivity contribution in [3.63, 3.8) is 0 Å². The van der Waals surface area contributed by atoms with Gasteiger partial charge in [-0.05, 0) is 18.2 Å². The third-order valence-electron chi connectivity index (χ3n) is 4.06. The number of phenols is 1. The second-order valence-electron chi connectivity index (χ2n) is 5.38. The van der Waals surface area contributed by atoms with Crippen molar-refractivity contribution >= 4 is 11.0 Å². The molecule has 0 spiro atoms. The van der Waals surface area contributed by atoms with Gasteiger partial charge >= 0.3 is 0 Å². The van der Waals surface area contributed by atoms with Gasteiger partial charge in [0.25, 0.3) is 0 Å². The molecule has 0 bridgehead atoms. The number of methoxy groups -OCH3 is 2. The molecule has 0 atom stereocenters. The molecular weight excluding hydrogens is 328 g/mol. The Kier molecular flexibility index (Phi) is 3.42. The van der Waals surface area contributed by atoms with E-state index in [9.17, 15) is 9.90 Å². The van der Waals surface area contributed by atoms with E-state index in [2.05, 4.69) is 0 Å². The molecule has 25 heavy (non-hydrogen) atoms. The molecule has 7 nitrogen and oxygen atoms in total. The third-order valence-corrected chi connectivity index (χ3v) is 4.06. The molecule has 0 amide bonds. The highest BCUT2D eigenvalue weighted by Gasteiger charge is 2.24. The van der Waals surface area contributed by atoms with Crippen LogP contribution in [0.4, 0.5) is 0 Å². The molecular formula is C18H14O7. The van der Waals surface area contributed by atoms with Crippen LogP contribution in [0.3, 0.4) is 0 Å². The smallest absolute Gasteiger partial charge is 0.231 e. The van der Waals surface area contributed by atoms with Gasteiger partial charge in [0.2, 0.25) is 18.0 Å². The summed E-state index contributed by atoms with van der Waals surface area (Å²) < 4.78 is 26.8. The van der Waals surface area contributed by atoms with E-state index in [1.165, 1.54) is 32.6 Å². The zero-order valence-electron chi connectivity index (χ0n) is 13.5. The van der Waals surface area contributed by atoms with Crippen molar-refractivity contribution in [1.29, 1.82) is 0 Å². The first-order valence-electron chi connectivity index (χ1n) is 7.43. The zero-order valence-corrected chi connectivity index (χ0v) is 13.5. The maximum Gasteiger partial charge on any atom is 0.231 e. The first-order chi connectivity index (χ1) is 12.1. The van der Waals surface area contributed by atoms with Crippen molar-refractivity contribution < 1.29 is 28.5 Å². The summed E-state index contributed by atoms with van der Waals surface area (Å²) in [5.41, 5.74) is 0.799. The highest BCUT2D eigenvalue weighted by Crippen LogP contribution is 2.46. The summed E-state index contributed by atoms with van der Waals surface area (Å²) in [7, 11) is 2.90. The van der Waals surface area contributed by atoms with E-state index < -0.39 is 0 Å². The highest BCUT2D eigenvalue weighted by molar-refractivity contribution is 5.86. The van der Waals surface area contributed by atoms with Gasteiger partial charge in [0, 0.05) is 11.6 Å². The topological polar surface area (TPSA) is 87.4 Å². The van der Waals surface area contributed by atoms with Crippen LogP contribution in [0.2, 0.25) is 0 Å². The molecule has 0 saturated carbocycles. The molecule has 3 aromatic rings. The molecule has 0 fully saturated rings. The molecule has 0 unspecified atom stereocenters. The standard InChI is InChI=1S/C18H14O7/c1-21-15-5-10-14(6-12(15)19)23-7-11(16(10)20)9-3-4-13-18(17(9)22-2)25-8-24-13/h3-7,19H,8H2,1-2H3. The van der Waals surface area contributed by atoms with E-state index in [0.29, 0.717) is 28.4 Å². The van der Waals surface area contributed by atoms with Crippen molar-refractivity contribution in [3.05, 3.63) is 40.8 Å². The molecule has 0 saturated heterocycles. The zero-order chi connectivity index (χ0) is 17.6. The molecule has 128 valence electrons. The SMILES string of the molecule is COc1cc2c(=O)c(-c3ccc4c(c3OC)OCO4)coc2cc1O. The Labute approximate surface area is 141 Å². The van der Waals surface area contributed by atoms with Crippen LogP contribution >= 0.6 is 0 Å².